The smallest absolute Gasteiger partial charge is 0.407 e. The quantitative estimate of drug-likeness (QED) is 0.875. The van der Waals surface area contributed by atoms with Crippen LogP contribution in [-0.2, 0) is 6.54 Å². The summed E-state index contributed by atoms with van der Waals surface area (Å²) in [5.74, 6) is 0. The monoisotopic (exact) mass is 276 g/mol. The van der Waals surface area contributed by atoms with E-state index in [0.29, 0.717) is 6.54 Å². The number of rotatable bonds is 3. The predicted octanol–water partition coefficient (Wildman–Crippen LogP) is 1.38. The average molecular weight is 276 g/mol. The van der Waals surface area contributed by atoms with Crippen LogP contribution in [0.5, 0.6) is 0 Å². The Hall–Kier alpha value is -1.59. The Morgan fingerprint density at radius 2 is 2.00 bits per heavy atom. The van der Waals surface area contributed by atoms with Gasteiger partial charge in [0.1, 0.15) is 0 Å². The molecule has 1 heterocycles. The molecule has 20 heavy (non-hydrogen) atoms. The summed E-state index contributed by atoms with van der Waals surface area (Å²) in [4.78, 5) is 15.1. The summed E-state index contributed by atoms with van der Waals surface area (Å²) in [5, 5.41) is 18.9. The molecule has 1 aromatic rings. The van der Waals surface area contributed by atoms with E-state index >= 15 is 0 Å². The van der Waals surface area contributed by atoms with Crippen molar-refractivity contribution in [2.75, 3.05) is 19.7 Å². The van der Waals surface area contributed by atoms with Crippen molar-refractivity contribution in [3.8, 4) is 0 Å². The van der Waals surface area contributed by atoms with E-state index in [0.717, 1.165) is 25.9 Å². The predicted molar refractivity (Wildman–Crippen MR) is 74.4 cm³/mol. The SMILES string of the molecule is O=C(O)N1C[C@H](CO)N(Cc2ccccc2)CC12CC2. The summed E-state index contributed by atoms with van der Waals surface area (Å²) in [7, 11) is 0. The summed E-state index contributed by atoms with van der Waals surface area (Å²) in [6, 6.07) is 10.0. The molecule has 2 N–H and O–H groups in total. The topological polar surface area (TPSA) is 64.0 Å². The lowest BCUT2D eigenvalue weighted by atomic mass is 10.0. The van der Waals surface area contributed by atoms with Gasteiger partial charge in [0.15, 0.2) is 0 Å². The molecule has 2 aliphatic rings. The molecule has 5 nitrogen and oxygen atoms in total. The lowest BCUT2D eigenvalue weighted by Crippen LogP contribution is -2.61. The lowest BCUT2D eigenvalue weighted by Gasteiger charge is -2.45. The number of aliphatic hydroxyl groups excluding tert-OH is 1. The number of hydrogen-bond donors (Lipinski definition) is 2. The van der Waals surface area contributed by atoms with E-state index in [1.807, 2.05) is 18.2 Å². The second kappa shape index (κ2) is 5.07. The largest absolute Gasteiger partial charge is 0.465 e. The van der Waals surface area contributed by atoms with E-state index in [1.165, 1.54) is 10.5 Å². The van der Waals surface area contributed by atoms with Gasteiger partial charge in [0.25, 0.3) is 0 Å². The van der Waals surface area contributed by atoms with Crippen molar-refractivity contribution in [1.82, 2.24) is 9.80 Å². The maximum Gasteiger partial charge on any atom is 0.407 e. The summed E-state index contributed by atoms with van der Waals surface area (Å²) >= 11 is 0. The number of piperazine rings is 1. The first kappa shape index (κ1) is 13.4. The van der Waals surface area contributed by atoms with Crippen LogP contribution in [0.3, 0.4) is 0 Å². The minimum Gasteiger partial charge on any atom is -0.465 e. The zero-order chi connectivity index (χ0) is 14.2. The maximum atomic E-state index is 11.4. The van der Waals surface area contributed by atoms with E-state index in [1.54, 1.807) is 0 Å². The van der Waals surface area contributed by atoms with E-state index in [9.17, 15) is 15.0 Å². The third-order valence-corrected chi connectivity index (χ3v) is 4.48. The standard InChI is InChI=1S/C15H20N2O3/c18-10-13-9-17(14(19)20)15(6-7-15)11-16(13)8-12-4-2-1-3-5-12/h1-5,13,18H,6-11H2,(H,19,20)/t13-/m1/s1. The third-order valence-electron chi connectivity index (χ3n) is 4.48. The molecule has 1 saturated heterocycles. The molecule has 1 atom stereocenters. The van der Waals surface area contributed by atoms with Gasteiger partial charge in [0.2, 0.25) is 0 Å². The van der Waals surface area contributed by atoms with Gasteiger partial charge in [-0.2, -0.15) is 0 Å². The van der Waals surface area contributed by atoms with E-state index < -0.39 is 6.09 Å². The highest BCUT2D eigenvalue weighted by Crippen LogP contribution is 2.45. The first-order chi connectivity index (χ1) is 9.64. The van der Waals surface area contributed by atoms with Gasteiger partial charge in [-0.3, -0.25) is 9.80 Å². The second-order valence-electron chi connectivity index (χ2n) is 5.84. The van der Waals surface area contributed by atoms with Gasteiger partial charge in [-0.15, -0.1) is 0 Å². The Labute approximate surface area is 118 Å². The summed E-state index contributed by atoms with van der Waals surface area (Å²) in [5.41, 5.74) is 0.997. The molecule has 3 rings (SSSR count). The van der Waals surface area contributed by atoms with Crippen molar-refractivity contribution in [2.24, 2.45) is 0 Å². The number of nitrogens with zero attached hydrogens (tertiary/aromatic N) is 2. The molecule has 0 bridgehead atoms. The zero-order valence-electron chi connectivity index (χ0n) is 11.4. The van der Waals surface area contributed by atoms with Crippen LogP contribution >= 0.6 is 0 Å². The molecule has 1 spiro atoms. The molecule has 0 aromatic heterocycles. The number of hydrogen-bond acceptors (Lipinski definition) is 3. The number of benzene rings is 1. The van der Waals surface area contributed by atoms with Crippen LogP contribution in [0.2, 0.25) is 0 Å². The van der Waals surface area contributed by atoms with Gasteiger partial charge in [-0.1, -0.05) is 30.3 Å². The van der Waals surface area contributed by atoms with Crippen molar-refractivity contribution in [1.29, 1.82) is 0 Å². The Kier molecular flexibility index (Phi) is 3.40. The van der Waals surface area contributed by atoms with Gasteiger partial charge in [0, 0.05) is 19.6 Å². The number of carbonyl (C=O) groups is 1. The van der Waals surface area contributed by atoms with Crippen molar-refractivity contribution >= 4 is 6.09 Å². The third kappa shape index (κ3) is 2.39. The van der Waals surface area contributed by atoms with Gasteiger partial charge in [0.05, 0.1) is 18.2 Å². The fourth-order valence-corrected chi connectivity index (χ4v) is 3.14. The highest BCUT2D eigenvalue weighted by atomic mass is 16.4. The van der Waals surface area contributed by atoms with Crippen LogP contribution in [0.4, 0.5) is 4.79 Å². The van der Waals surface area contributed by atoms with Crippen molar-refractivity contribution < 1.29 is 15.0 Å². The van der Waals surface area contributed by atoms with E-state index in [2.05, 4.69) is 17.0 Å². The first-order valence-electron chi connectivity index (χ1n) is 7.04. The van der Waals surface area contributed by atoms with Gasteiger partial charge in [-0.05, 0) is 18.4 Å². The molecular formula is C15H20N2O3. The number of aliphatic hydroxyl groups is 1. The highest BCUT2D eigenvalue weighted by Gasteiger charge is 2.55. The van der Waals surface area contributed by atoms with Crippen molar-refractivity contribution in [3.63, 3.8) is 0 Å². The van der Waals surface area contributed by atoms with Crippen LogP contribution in [0, 0.1) is 0 Å². The fourth-order valence-electron chi connectivity index (χ4n) is 3.14. The van der Waals surface area contributed by atoms with Crippen LogP contribution in [-0.4, -0.2) is 57.4 Å². The molecule has 2 fully saturated rings. The van der Waals surface area contributed by atoms with Crippen LogP contribution < -0.4 is 0 Å². The van der Waals surface area contributed by atoms with E-state index in [-0.39, 0.29) is 18.2 Å². The van der Waals surface area contributed by atoms with Gasteiger partial charge >= 0.3 is 6.09 Å². The molecule has 0 unspecified atom stereocenters. The molecule has 1 amide bonds. The van der Waals surface area contributed by atoms with Gasteiger partial charge in [-0.25, -0.2) is 4.79 Å². The lowest BCUT2D eigenvalue weighted by molar-refractivity contribution is -0.00351. The Balaban J connectivity index is 1.76. The van der Waals surface area contributed by atoms with Crippen LogP contribution in [0.25, 0.3) is 0 Å². The molecule has 1 saturated carbocycles. The Morgan fingerprint density at radius 3 is 2.55 bits per heavy atom. The van der Waals surface area contributed by atoms with Gasteiger partial charge < -0.3 is 10.2 Å². The average Bonchev–Trinajstić information content (AvgIpc) is 3.20. The van der Waals surface area contributed by atoms with Crippen LogP contribution in [0.15, 0.2) is 30.3 Å². The number of carboxylic acid groups (broad SMARTS) is 1. The summed E-state index contributed by atoms with van der Waals surface area (Å²) in [6.07, 6.45) is 1.01. The normalized spacial score (nSPS) is 24.9. The highest BCUT2D eigenvalue weighted by molar-refractivity contribution is 5.67. The molecule has 1 aliphatic carbocycles. The van der Waals surface area contributed by atoms with Crippen LogP contribution in [0.1, 0.15) is 18.4 Å². The van der Waals surface area contributed by atoms with E-state index in [4.69, 9.17) is 0 Å². The molecule has 1 aromatic carbocycles. The fraction of sp³-hybridized carbons (Fsp3) is 0.533. The Bertz CT molecular complexity index is 487. The van der Waals surface area contributed by atoms with Crippen molar-refractivity contribution in [3.05, 3.63) is 35.9 Å². The molecule has 108 valence electrons. The maximum absolute atomic E-state index is 11.4. The minimum atomic E-state index is -0.861. The molecule has 0 radical (unpaired) electrons. The zero-order valence-corrected chi connectivity index (χ0v) is 11.4. The van der Waals surface area contributed by atoms with Crippen molar-refractivity contribution in [2.45, 2.75) is 31.0 Å². The Morgan fingerprint density at radius 1 is 1.30 bits per heavy atom. The number of amides is 1. The minimum absolute atomic E-state index is 0.00725. The second-order valence-corrected chi connectivity index (χ2v) is 5.84. The summed E-state index contributed by atoms with van der Waals surface area (Å²) < 4.78 is 0. The molecule has 5 heteroatoms. The first-order valence-corrected chi connectivity index (χ1v) is 7.04. The summed E-state index contributed by atoms with van der Waals surface area (Å²) in [6.45, 7) is 1.88. The molecule has 1 aliphatic heterocycles. The molecular weight excluding hydrogens is 256 g/mol.